The lowest BCUT2D eigenvalue weighted by atomic mass is 9.87. The monoisotopic (exact) mass is 967 g/mol. The molecule has 10 aromatic rings. The van der Waals surface area contributed by atoms with Crippen molar-refractivity contribution < 1.29 is 0 Å². The third kappa shape index (κ3) is 11.9. The molecule has 4 heteroatoms. The molecule has 0 bridgehead atoms. The van der Waals surface area contributed by atoms with Crippen molar-refractivity contribution in [3.05, 3.63) is 204 Å². The van der Waals surface area contributed by atoms with Gasteiger partial charge in [-0.15, -0.1) is 0 Å². The molecule has 10 rings (SSSR count). The first kappa shape index (κ1) is 50.0. The molecule has 0 fully saturated rings. The Labute approximate surface area is 440 Å². The minimum atomic E-state index is 0.705. The molecule has 0 amide bonds. The first-order chi connectivity index (χ1) is 36.4. The molecule has 7 aromatic carbocycles. The number of hydrogen-bond acceptors (Lipinski definition) is 4. The summed E-state index contributed by atoms with van der Waals surface area (Å²) in [4.78, 5) is 20.7. The van der Waals surface area contributed by atoms with Crippen LogP contribution in [0, 0.1) is 13.8 Å². The Balaban J connectivity index is 1.07. The summed E-state index contributed by atoms with van der Waals surface area (Å²) in [6, 6.07) is 64.0. The molecule has 0 saturated carbocycles. The van der Waals surface area contributed by atoms with Crippen LogP contribution in [0.5, 0.6) is 0 Å². The summed E-state index contributed by atoms with van der Waals surface area (Å²) < 4.78 is 0. The van der Waals surface area contributed by atoms with Crippen LogP contribution in [0.25, 0.3) is 100 Å². The van der Waals surface area contributed by atoms with Gasteiger partial charge in [-0.2, -0.15) is 0 Å². The summed E-state index contributed by atoms with van der Waals surface area (Å²) in [5, 5.41) is 2.19. The Hall–Kier alpha value is -7.56. The highest BCUT2D eigenvalue weighted by molar-refractivity contribution is 6.03. The van der Waals surface area contributed by atoms with Gasteiger partial charge in [0.15, 0.2) is 5.82 Å². The number of unbranched alkanes of at least 4 members (excludes halogenated alkanes) is 10. The predicted molar refractivity (Wildman–Crippen MR) is 314 cm³/mol. The van der Waals surface area contributed by atoms with E-state index in [9.17, 15) is 0 Å². The topological polar surface area (TPSA) is 51.6 Å². The third-order valence-corrected chi connectivity index (χ3v) is 14.9. The molecule has 0 aliphatic rings. The van der Waals surface area contributed by atoms with Crippen LogP contribution >= 0.6 is 0 Å². The van der Waals surface area contributed by atoms with Gasteiger partial charge in [-0.1, -0.05) is 217 Å². The SMILES string of the molecule is CCCCCCCCc1cc(-c2cc(-c3ccc(-c4cc(-c5cccc(-c6ccc(C)cc6)c5)nc(-c5ccccc5)n4)cc3)cc(-c3ccc4ccc5cccnc5c4n3)c2)c(CCCCCCCC)cc1C. The van der Waals surface area contributed by atoms with E-state index in [-0.39, 0.29) is 0 Å². The van der Waals surface area contributed by atoms with E-state index >= 15 is 0 Å². The molecule has 3 aromatic heterocycles. The lowest BCUT2D eigenvalue weighted by molar-refractivity contribution is 0.605. The number of rotatable bonds is 21. The Kier molecular flexibility index (Phi) is 16.2. The highest BCUT2D eigenvalue weighted by Crippen LogP contribution is 2.38. The van der Waals surface area contributed by atoms with Gasteiger partial charge in [0.2, 0.25) is 0 Å². The van der Waals surface area contributed by atoms with Crippen molar-refractivity contribution >= 4 is 21.8 Å². The van der Waals surface area contributed by atoms with Crippen LogP contribution < -0.4 is 0 Å². The molecule has 370 valence electrons. The van der Waals surface area contributed by atoms with Gasteiger partial charge >= 0.3 is 0 Å². The maximum atomic E-state index is 5.42. The molecule has 74 heavy (non-hydrogen) atoms. The molecule has 0 saturated heterocycles. The molecular formula is C70H70N4. The van der Waals surface area contributed by atoms with Crippen LogP contribution in [0.4, 0.5) is 0 Å². The molecular weight excluding hydrogens is 897 g/mol. The van der Waals surface area contributed by atoms with Gasteiger partial charge in [-0.05, 0) is 132 Å². The smallest absolute Gasteiger partial charge is 0.160 e. The van der Waals surface area contributed by atoms with E-state index < -0.39 is 0 Å². The molecule has 3 heterocycles. The largest absolute Gasteiger partial charge is 0.254 e. The highest BCUT2D eigenvalue weighted by Gasteiger charge is 2.17. The Morgan fingerprint density at radius 2 is 0.905 bits per heavy atom. The van der Waals surface area contributed by atoms with Gasteiger partial charge in [-0.3, -0.25) is 4.98 Å². The van der Waals surface area contributed by atoms with Crippen LogP contribution in [0.1, 0.15) is 113 Å². The molecule has 0 N–H and O–H groups in total. The second-order valence-corrected chi connectivity index (χ2v) is 20.5. The molecule has 0 spiro atoms. The van der Waals surface area contributed by atoms with Crippen molar-refractivity contribution in [1.29, 1.82) is 0 Å². The Bertz CT molecular complexity index is 3480. The molecule has 0 radical (unpaired) electrons. The lowest BCUT2D eigenvalue weighted by Crippen LogP contribution is -1.99. The van der Waals surface area contributed by atoms with Crippen LogP contribution in [0.3, 0.4) is 0 Å². The first-order valence-corrected chi connectivity index (χ1v) is 27.6. The van der Waals surface area contributed by atoms with E-state index in [1.807, 2.05) is 18.3 Å². The van der Waals surface area contributed by atoms with Crippen LogP contribution in [-0.2, 0) is 12.8 Å². The molecule has 0 aliphatic carbocycles. The van der Waals surface area contributed by atoms with Crippen molar-refractivity contribution in [2.75, 3.05) is 0 Å². The predicted octanol–water partition coefficient (Wildman–Crippen LogP) is 19.7. The van der Waals surface area contributed by atoms with Crippen LogP contribution in [0.15, 0.2) is 182 Å². The van der Waals surface area contributed by atoms with E-state index in [0.29, 0.717) is 5.82 Å². The Morgan fingerprint density at radius 1 is 0.338 bits per heavy atom. The summed E-state index contributed by atoms with van der Waals surface area (Å²) >= 11 is 0. The first-order valence-electron chi connectivity index (χ1n) is 27.6. The van der Waals surface area contributed by atoms with E-state index in [1.54, 1.807) is 0 Å². The standard InChI is InChI=1S/C70H70N4/c1-5-7-9-11-13-16-24-57-47-64(59(42-50(57)4)25-17-14-12-10-8-6-2)62-44-61(45-63(46-62)65-40-39-55-38-37-54-28-21-41-71-68(54)69(55)72-65)52-33-35-53(36-34-52)66-48-67(74-70(73-66)56-22-18-15-19-23-56)60-27-20-26-58(43-60)51-31-29-49(3)30-32-51/h15,18-23,26-48H,5-14,16-17,24-25H2,1-4H3. The van der Waals surface area contributed by atoms with Crippen LogP contribution in [-0.4, -0.2) is 19.9 Å². The zero-order chi connectivity index (χ0) is 50.6. The lowest BCUT2D eigenvalue weighted by Gasteiger charge is -2.18. The average molecular weight is 967 g/mol. The van der Waals surface area contributed by atoms with Crippen molar-refractivity contribution in [2.45, 2.75) is 118 Å². The average Bonchev–Trinajstić information content (AvgIpc) is 3.45. The van der Waals surface area contributed by atoms with E-state index in [0.717, 1.165) is 90.7 Å². The van der Waals surface area contributed by atoms with Gasteiger partial charge in [0.05, 0.1) is 28.1 Å². The minimum absolute atomic E-state index is 0.705. The van der Waals surface area contributed by atoms with Crippen molar-refractivity contribution in [3.8, 4) is 78.5 Å². The van der Waals surface area contributed by atoms with E-state index in [4.69, 9.17) is 19.9 Å². The quantitative estimate of drug-likeness (QED) is 0.0532. The summed E-state index contributed by atoms with van der Waals surface area (Å²) in [5.41, 5.74) is 21.6. The fourth-order valence-corrected chi connectivity index (χ4v) is 10.6. The van der Waals surface area contributed by atoms with E-state index in [2.05, 4.69) is 191 Å². The minimum Gasteiger partial charge on any atom is -0.254 e. The maximum Gasteiger partial charge on any atom is 0.160 e. The van der Waals surface area contributed by atoms with Gasteiger partial charge in [0.1, 0.15) is 0 Å². The van der Waals surface area contributed by atoms with Crippen molar-refractivity contribution in [2.24, 2.45) is 0 Å². The van der Waals surface area contributed by atoms with Crippen molar-refractivity contribution in [3.63, 3.8) is 0 Å². The molecule has 4 nitrogen and oxygen atoms in total. The number of benzene rings is 7. The zero-order valence-electron chi connectivity index (χ0n) is 44.0. The number of aromatic nitrogens is 4. The van der Waals surface area contributed by atoms with Crippen LogP contribution in [0.2, 0.25) is 0 Å². The van der Waals surface area contributed by atoms with Gasteiger partial charge < -0.3 is 0 Å². The third-order valence-electron chi connectivity index (χ3n) is 14.9. The fourth-order valence-electron chi connectivity index (χ4n) is 10.6. The summed E-state index contributed by atoms with van der Waals surface area (Å²) in [5.74, 6) is 0.705. The normalized spacial score (nSPS) is 11.5. The maximum absolute atomic E-state index is 5.42. The summed E-state index contributed by atoms with van der Waals surface area (Å²) in [6.45, 7) is 9.07. The molecule has 0 unspecified atom stereocenters. The second kappa shape index (κ2) is 24.0. The number of pyridine rings is 2. The van der Waals surface area contributed by atoms with Gasteiger partial charge in [-0.25, -0.2) is 15.0 Å². The van der Waals surface area contributed by atoms with Crippen molar-refractivity contribution in [1.82, 2.24) is 19.9 Å². The number of nitrogens with zero attached hydrogens (tertiary/aromatic N) is 4. The van der Waals surface area contributed by atoms with Gasteiger partial charge in [0, 0.05) is 39.2 Å². The number of fused-ring (bicyclic) bond motifs is 3. The highest BCUT2D eigenvalue weighted by atomic mass is 14.9. The summed E-state index contributed by atoms with van der Waals surface area (Å²) in [7, 11) is 0. The second-order valence-electron chi connectivity index (χ2n) is 20.5. The number of aryl methyl sites for hydroxylation is 4. The fraction of sp³-hybridized carbons (Fsp3) is 0.257. The number of hydrogen-bond donors (Lipinski definition) is 0. The van der Waals surface area contributed by atoms with Gasteiger partial charge in [0.25, 0.3) is 0 Å². The zero-order valence-corrected chi connectivity index (χ0v) is 44.0. The summed E-state index contributed by atoms with van der Waals surface area (Å²) in [6.07, 6.45) is 19.5. The Morgan fingerprint density at radius 3 is 1.65 bits per heavy atom. The molecule has 0 aliphatic heterocycles. The van der Waals surface area contributed by atoms with E-state index in [1.165, 1.54) is 116 Å². The molecule has 0 atom stereocenters.